The van der Waals surface area contributed by atoms with Gasteiger partial charge in [0.05, 0.1) is 10.6 Å². The van der Waals surface area contributed by atoms with Gasteiger partial charge in [-0.1, -0.05) is 36.4 Å². The molecular formula is C22H21ClN2O4S. The second kappa shape index (κ2) is 7.56. The van der Waals surface area contributed by atoms with Gasteiger partial charge in [-0.3, -0.25) is 9.59 Å². The summed E-state index contributed by atoms with van der Waals surface area (Å²) in [6.07, 6.45) is 1.15. The van der Waals surface area contributed by atoms with E-state index in [0.29, 0.717) is 46.8 Å². The maximum atomic E-state index is 13.0. The summed E-state index contributed by atoms with van der Waals surface area (Å²) >= 11 is 6.08. The average molecular weight is 445 g/mol. The first-order chi connectivity index (χ1) is 14.2. The standard InChI is InChI=1S/C22H21ClN2O4S/c1-13-6-9-19(21(26)24-13)25-11-16-8-7-15(10-17(16)22(25)27)12-30(28,29)20-5-3-4-18(23)14(20)2/h3-5,7-8,10,19H,1,6,9,11-12H2,2H3,(H,24,26). The fourth-order valence-electron chi connectivity index (χ4n) is 3.99. The van der Waals surface area contributed by atoms with Crippen LogP contribution in [0, 0.1) is 6.92 Å². The molecule has 6 nitrogen and oxygen atoms in total. The van der Waals surface area contributed by atoms with Crippen LogP contribution >= 0.6 is 11.6 Å². The molecule has 2 aromatic rings. The van der Waals surface area contributed by atoms with Crippen LogP contribution in [-0.4, -0.2) is 31.2 Å². The summed E-state index contributed by atoms with van der Waals surface area (Å²) in [4.78, 5) is 27.0. The van der Waals surface area contributed by atoms with E-state index in [9.17, 15) is 18.0 Å². The van der Waals surface area contributed by atoms with Crippen LogP contribution in [0.4, 0.5) is 0 Å². The molecule has 1 fully saturated rings. The van der Waals surface area contributed by atoms with Crippen molar-refractivity contribution in [1.82, 2.24) is 10.2 Å². The van der Waals surface area contributed by atoms with Crippen molar-refractivity contribution in [3.63, 3.8) is 0 Å². The molecule has 2 heterocycles. The molecule has 0 spiro atoms. The molecule has 8 heteroatoms. The number of piperidine rings is 1. The normalized spacial score (nSPS) is 19.1. The molecule has 30 heavy (non-hydrogen) atoms. The summed E-state index contributed by atoms with van der Waals surface area (Å²) in [6.45, 7) is 5.77. The molecule has 0 aliphatic carbocycles. The van der Waals surface area contributed by atoms with Crippen LogP contribution in [0.5, 0.6) is 0 Å². The monoisotopic (exact) mass is 444 g/mol. The Morgan fingerprint density at radius 2 is 2.00 bits per heavy atom. The van der Waals surface area contributed by atoms with Crippen molar-refractivity contribution >= 4 is 33.3 Å². The highest BCUT2D eigenvalue weighted by Crippen LogP contribution is 2.31. The molecule has 156 valence electrons. The number of amides is 2. The Labute approximate surface area is 180 Å². The fourth-order valence-corrected chi connectivity index (χ4v) is 5.86. The second-order valence-electron chi connectivity index (χ2n) is 7.69. The number of sulfone groups is 1. The van der Waals surface area contributed by atoms with E-state index in [1.165, 1.54) is 6.07 Å². The molecule has 1 N–H and O–H groups in total. The summed E-state index contributed by atoms with van der Waals surface area (Å²) in [7, 11) is -3.63. The summed E-state index contributed by atoms with van der Waals surface area (Å²) in [5.41, 5.74) is 2.92. The molecule has 2 amide bonds. The van der Waals surface area contributed by atoms with Crippen molar-refractivity contribution in [2.24, 2.45) is 0 Å². The van der Waals surface area contributed by atoms with Crippen LogP contribution < -0.4 is 5.32 Å². The zero-order valence-corrected chi connectivity index (χ0v) is 18.0. The largest absolute Gasteiger partial charge is 0.329 e. The third kappa shape index (κ3) is 3.63. The van der Waals surface area contributed by atoms with Gasteiger partial charge in [0.25, 0.3) is 5.91 Å². The molecule has 2 aliphatic heterocycles. The van der Waals surface area contributed by atoms with E-state index < -0.39 is 15.9 Å². The fraction of sp³-hybridized carbons (Fsp3) is 0.273. The predicted octanol–water partition coefficient (Wildman–Crippen LogP) is 3.37. The van der Waals surface area contributed by atoms with Gasteiger partial charge < -0.3 is 10.2 Å². The average Bonchev–Trinajstić information content (AvgIpc) is 3.00. The maximum Gasteiger partial charge on any atom is 0.255 e. The van der Waals surface area contributed by atoms with Crippen molar-refractivity contribution in [2.75, 3.05) is 0 Å². The predicted molar refractivity (Wildman–Crippen MR) is 114 cm³/mol. The van der Waals surface area contributed by atoms with Crippen LogP contribution in [-0.2, 0) is 26.9 Å². The highest BCUT2D eigenvalue weighted by molar-refractivity contribution is 7.90. The van der Waals surface area contributed by atoms with Crippen LogP contribution in [0.15, 0.2) is 53.6 Å². The molecule has 0 aromatic heterocycles. The third-order valence-electron chi connectivity index (χ3n) is 5.61. The number of nitrogens with zero attached hydrogens (tertiary/aromatic N) is 1. The van der Waals surface area contributed by atoms with E-state index in [4.69, 9.17) is 11.6 Å². The zero-order chi connectivity index (χ0) is 21.6. The number of halogens is 1. The van der Waals surface area contributed by atoms with Crippen molar-refractivity contribution in [3.05, 3.63) is 76.0 Å². The van der Waals surface area contributed by atoms with Gasteiger partial charge in [-0.05, 0) is 54.7 Å². The van der Waals surface area contributed by atoms with Crippen LogP contribution in [0.3, 0.4) is 0 Å². The van der Waals surface area contributed by atoms with E-state index in [0.717, 1.165) is 5.56 Å². The maximum absolute atomic E-state index is 13.0. The lowest BCUT2D eigenvalue weighted by Crippen LogP contribution is -2.49. The number of carbonyl (C=O) groups is 2. The summed E-state index contributed by atoms with van der Waals surface area (Å²) in [5.74, 6) is -0.721. The number of hydrogen-bond acceptors (Lipinski definition) is 4. The molecular weight excluding hydrogens is 424 g/mol. The van der Waals surface area contributed by atoms with Crippen LogP contribution in [0.1, 0.15) is 39.9 Å². The number of benzene rings is 2. The van der Waals surface area contributed by atoms with Gasteiger partial charge in [0.2, 0.25) is 5.91 Å². The van der Waals surface area contributed by atoms with E-state index in [1.807, 2.05) is 0 Å². The van der Waals surface area contributed by atoms with Gasteiger partial charge in [-0.2, -0.15) is 0 Å². The molecule has 1 saturated heterocycles. The molecule has 0 saturated carbocycles. The highest BCUT2D eigenvalue weighted by Gasteiger charge is 2.38. The smallest absolute Gasteiger partial charge is 0.255 e. The van der Waals surface area contributed by atoms with E-state index >= 15 is 0 Å². The SMILES string of the molecule is C=C1CCC(N2Cc3ccc(CS(=O)(=O)c4cccc(Cl)c4C)cc3C2=O)C(=O)N1. The molecule has 2 aliphatic rings. The Bertz CT molecular complexity index is 1190. The van der Waals surface area contributed by atoms with Crippen LogP contribution in [0.2, 0.25) is 5.02 Å². The first kappa shape index (κ1) is 20.6. The Hall–Kier alpha value is -2.64. The molecule has 1 unspecified atom stereocenters. The molecule has 0 radical (unpaired) electrons. The lowest BCUT2D eigenvalue weighted by Gasteiger charge is -2.30. The molecule has 0 bridgehead atoms. The Balaban J connectivity index is 1.59. The third-order valence-corrected chi connectivity index (χ3v) is 7.85. The van der Waals surface area contributed by atoms with Gasteiger partial charge >= 0.3 is 0 Å². The van der Waals surface area contributed by atoms with Crippen molar-refractivity contribution in [2.45, 2.75) is 43.0 Å². The number of rotatable bonds is 4. The molecule has 1 atom stereocenters. The Morgan fingerprint density at radius 1 is 1.23 bits per heavy atom. The van der Waals surface area contributed by atoms with Crippen molar-refractivity contribution < 1.29 is 18.0 Å². The van der Waals surface area contributed by atoms with Crippen molar-refractivity contribution in [1.29, 1.82) is 0 Å². The van der Waals surface area contributed by atoms with Gasteiger partial charge in [0, 0.05) is 22.8 Å². The Morgan fingerprint density at radius 3 is 2.73 bits per heavy atom. The number of nitrogens with one attached hydrogen (secondary N) is 1. The first-order valence-corrected chi connectivity index (χ1v) is 11.6. The number of carbonyl (C=O) groups excluding carboxylic acids is 2. The first-order valence-electron chi connectivity index (χ1n) is 9.56. The minimum Gasteiger partial charge on any atom is -0.329 e. The summed E-state index contributed by atoms with van der Waals surface area (Å²) < 4.78 is 25.9. The number of fused-ring (bicyclic) bond motifs is 1. The highest BCUT2D eigenvalue weighted by atomic mass is 35.5. The van der Waals surface area contributed by atoms with Gasteiger partial charge in [-0.25, -0.2) is 8.42 Å². The minimum absolute atomic E-state index is 0.183. The summed E-state index contributed by atoms with van der Waals surface area (Å²) in [5, 5.41) is 3.10. The van der Waals surface area contributed by atoms with Gasteiger partial charge in [0.15, 0.2) is 9.84 Å². The lowest BCUT2D eigenvalue weighted by molar-refractivity contribution is -0.126. The second-order valence-corrected chi connectivity index (χ2v) is 10.1. The minimum atomic E-state index is -3.63. The van der Waals surface area contributed by atoms with Crippen molar-refractivity contribution in [3.8, 4) is 0 Å². The van der Waals surface area contributed by atoms with Gasteiger partial charge in [0.1, 0.15) is 6.04 Å². The van der Waals surface area contributed by atoms with E-state index in [2.05, 4.69) is 11.9 Å². The van der Waals surface area contributed by atoms with Gasteiger partial charge in [-0.15, -0.1) is 0 Å². The zero-order valence-electron chi connectivity index (χ0n) is 16.4. The van der Waals surface area contributed by atoms with E-state index in [-0.39, 0.29) is 22.5 Å². The molecule has 2 aromatic carbocycles. The molecule has 4 rings (SSSR count). The number of hydrogen-bond donors (Lipinski definition) is 1. The quantitative estimate of drug-likeness (QED) is 0.783. The van der Waals surface area contributed by atoms with E-state index in [1.54, 1.807) is 42.2 Å². The topological polar surface area (TPSA) is 83.6 Å². The number of allylic oxidation sites excluding steroid dienone is 1. The lowest BCUT2D eigenvalue weighted by atomic mass is 10.0. The van der Waals surface area contributed by atoms with Crippen LogP contribution in [0.25, 0.3) is 0 Å². The Kier molecular flexibility index (Phi) is 5.20. The summed E-state index contributed by atoms with van der Waals surface area (Å²) in [6, 6.07) is 9.35.